The summed E-state index contributed by atoms with van der Waals surface area (Å²) in [6.07, 6.45) is 3.04. The Hall–Kier alpha value is -4.92. The van der Waals surface area contributed by atoms with Crippen molar-refractivity contribution >= 4 is 17.3 Å². The minimum Gasteiger partial charge on any atom is -0.487 e. The van der Waals surface area contributed by atoms with E-state index < -0.39 is 6.16 Å². The first-order valence-corrected chi connectivity index (χ1v) is 15.3. The van der Waals surface area contributed by atoms with Gasteiger partial charge in [0, 0.05) is 55.9 Å². The van der Waals surface area contributed by atoms with E-state index in [0.717, 1.165) is 63.5 Å². The van der Waals surface area contributed by atoms with E-state index in [1.807, 2.05) is 6.92 Å². The molecule has 16 heteroatoms. The lowest BCUT2D eigenvalue weighted by Gasteiger charge is -2.41. The first kappa shape index (κ1) is 32.0. The molecule has 2 fully saturated rings. The van der Waals surface area contributed by atoms with Gasteiger partial charge in [0.1, 0.15) is 24.3 Å². The molecular formula is C31H36N10O6. The number of benzene rings is 2. The SMILES string of the molecule is C[C@@H](Cn1cnnn1)Oc1cc(-c2cnc(Nc3cc(N4CCC(N5CCOCC5)CC4)ccc3OC(O)(O)O)nc2)ccc1C#N. The normalized spacial score (nSPS) is 16.8. The van der Waals surface area contributed by atoms with Crippen molar-refractivity contribution in [2.24, 2.45) is 0 Å². The minimum absolute atomic E-state index is 0.0122. The summed E-state index contributed by atoms with van der Waals surface area (Å²) in [4.78, 5) is 13.7. The monoisotopic (exact) mass is 644 g/mol. The largest absolute Gasteiger partial charge is 0.487 e. The number of rotatable bonds is 11. The first-order valence-electron chi connectivity index (χ1n) is 15.3. The van der Waals surface area contributed by atoms with E-state index in [4.69, 9.17) is 14.2 Å². The second-order valence-electron chi connectivity index (χ2n) is 11.4. The van der Waals surface area contributed by atoms with Crippen LogP contribution < -0.4 is 19.7 Å². The van der Waals surface area contributed by atoms with Gasteiger partial charge in [-0.05, 0) is 66.1 Å². The Bertz CT molecular complexity index is 1660. The van der Waals surface area contributed by atoms with Crippen LogP contribution in [0.5, 0.6) is 11.5 Å². The molecule has 0 bridgehead atoms. The van der Waals surface area contributed by atoms with Crippen LogP contribution in [-0.4, -0.2) is 108 Å². The Labute approximate surface area is 270 Å². The van der Waals surface area contributed by atoms with Gasteiger partial charge >= 0.3 is 6.16 Å². The lowest BCUT2D eigenvalue weighted by atomic mass is 10.0. The summed E-state index contributed by atoms with van der Waals surface area (Å²) in [6, 6.07) is 13.0. The maximum absolute atomic E-state index is 9.62. The predicted octanol–water partition coefficient (Wildman–Crippen LogP) is 1.48. The van der Waals surface area contributed by atoms with Crippen LogP contribution in [0.1, 0.15) is 25.3 Å². The number of aromatic nitrogens is 6. The van der Waals surface area contributed by atoms with Crippen LogP contribution >= 0.6 is 0 Å². The fraction of sp³-hybridized carbons (Fsp3) is 0.419. The second-order valence-corrected chi connectivity index (χ2v) is 11.4. The smallest absolute Gasteiger partial charge is 0.453 e. The van der Waals surface area contributed by atoms with Crippen molar-refractivity contribution in [1.82, 2.24) is 35.1 Å². The van der Waals surface area contributed by atoms with E-state index >= 15 is 0 Å². The highest BCUT2D eigenvalue weighted by Gasteiger charge is 2.28. The molecule has 4 heterocycles. The van der Waals surface area contributed by atoms with Gasteiger partial charge in [0.2, 0.25) is 5.95 Å². The van der Waals surface area contributed by atoms with E-state index in [2.05, 4.69) is 46.7 Å². The third kappa shape index (κ3) is 8.27. The molecule has 0 unspecified atom stereocenters. The first-order chi connectivity index (χ1) is 22.7. The fourth-order valence-electron chi connectivity index (χ4n) is 5.82. The fourth-order valence-corrected chi connectivity index (χ4v) is 5.82. The van der Waals surface area contributed by atoms with Gasteiger partial charge in [0.15, 0.2) is 5.75 Å². The molecule has 2 aliphatic heterocycles. The van der Waals surface area contributed by atoms with Crippen LogP contribution in [0.4, 0.5) is 17.3 Å². The van der Waals surface area contributed by atoms with Gasteiger partial charge in [-0.2, -0.15) is 5.26 Å². The zero-order valence-electron chi connectivity index (χ0n) is 25.8. The molecule has 0 saturated carbocycles. The molecular weight excluding hydrogens is 608 g/mol. The van der Waals surface area contributed by atoms with Gasteiger partial charge in [-0.25, -0.2) is 14.6 Å². The van der Waals surface area contributed by atoms with Crippen LogP contribution in [0.3, 0.4) is 0 Å². The van der Waals surface area contributed by atoms with Crippen LogP contribution in [0.15, 0.2) is 55.1 Å². The van der Waals surface area contributed by atoms with Crippen LogP contribution in [0.2, 0.25) is 0 Å². The highest BCUT2D eigenvalue weighted by atomic mass is 16.9. The van der Waals surface area contributed by atoms with Gasteiger partial charge in [-0.15, -0.1) is 5.10 Å². The molecule has 0 amide bonds. The molecule has 4 aromatic rings. The van der Waals surface area contributed by atoms with Crippen molar-refractivity contribution in [3.63, 3.8) is 0 Å². The summed E-state index contributed by atoms with van der Waals surface area (Å²) >= 11 is 0. The average Bonchev–Trinajstić information content (AvgIpc) is 3.59. The standard InChI is InChI=1S/C31H36N10O6/c1-21(19-41-20-35-37-38-41)46-29-14-22(2-3-23(29)16-32)24-17-33-30(34-18-24)36-27-15-26(4-5-28(27)47-31(42,43)44)39-8-6-25(7-9-39)40-10-12-45-13-11-40/h2-5,14-15,17-18,20-21,25,42-44H,6-13,19H2,1H3,(H,33,34,36)/t21-/m0/s1. The molecule has 2 aromatic heterocycles. The Morgan fingerprint density at radius 3 is 2.47 bits per heavy atom. The lowest BCUT2D eigenvalue weighted by Crippen LogP contribution is -2.49. The Morgan fingerprint density at radius 2 is 1.79 bits per heavy atom. The second kappa shape index (κ2) is 14.2. The van der Waals surface area contributed by atoms with Crippen molar-refractivity contribution in [2.75, 3.05) is 49.6 Å². The number of tetrazole rings is 1. The van der Waals surface area contributed by atoms with E-state index in [9.17, 15) is 20.6 Å². The molecule has 0 radical (unpaired) electrons. The minimum atomic E-state index is -3.38. The van der Waals surface area contributed by atoms with Crippen molar-refractivity contribution < 1.29 is 29.5 Å². The number of hydrogen-bond donors (Lipinski definition) is 4. The maximum Gasteiger partial charge on any atom is 0.453 e. The van der Waals surface area contributed by atoms with E-state index in [-0.39, 0.29) is 17.8 Å². The molecule has 246 valence electrons. The van der Waals surface area contributed by atoms with Crippen LogP contribution in [0, 0.1) is 11.3 Å². The van der Waals surface area contributed by atoms with Crippen LogP contribution in [0.25, 0.3) is 11.1 Å². The zero-order valence-corrected chi connectivity index (χ0v) is 25.8. The number of hydrogen-bond acceptors (Lipinski definition) is 15. The number of ether oxygens (including phenoxy) is 3. The Balaban J connectivity index is 1.16. The molecule has 0 aliphatic carbocycles. The summed E-state index contributed by atoms with van der Waals surface area (Å²) in [5.74, 6) is 0.601. The van der Waals surface area contributed by atoms with Crippen molar-refractivity contribution in [3.8, 4) is 28.7 Å². The number of nitrogens with zero attached hydrogens (tertiary/aromatic N) is 9. The Kier molecular flexibility index (Phi) is 9.71. The molecule has 2 aliphatic rings. The van der Waals surface area contributed by atoms with Gasteiger partial charge in [0.05, 0.1) is 31.0 Å². The van der Waals surface area contributed by atoms with Crippen molar-refractivity contribution in [2.45, 2.75) is 44.6 Å². The number of piperidine rings is 1. The molecule has 6 rings (SSSR count). The molecule has 2 saturated heterocycles. The van der Waals surface area contributed by atoms with Gasteiger partial charge in [-0.3, -0.25) is 4.90 Å². The molecule has 16 nitrogen and oxygen atoms in total. The number of nitriles is 1. The molecule has 1 atom stereocenters. The highest BCUT2D eigenvalue weighted by molar-refractivity contribution is 5.71. The summed E-state index contributed by atoms with van der Waals surface area (Å²) in [5, 5.41) is 52.4. The third-order valence-corrected chi connectivity index (χ3v) is 8.10. The maximum atomic E-state index is 9.62. The highest BCUT2D eigenvalue weighted by Crippen LogP contribution is 2.35. The average molecular weight is 645 g/mol. The zero-order chi connectivity index (χ0) is 32.8. The number of morpholine rings is 1. The third-order valence-electron chi connectivity index (χ3n) is 8.10. The van der Waals surface area contributed by atoms with Gasteiger partial charge < -0.3 is 39.7 Å². The van der Waals surface area contributed by atoms with Crippen molar-refractivity contribution in [3.05, 3.63) is 60.7 Å². The van der Waals surface area contributed by atoms with Gasteiger partial charge in [-0.1, -0.05) is 6.07 Å². The predicted molar refractivity (Wildman–Crippen MR) is 167 cm³/mol. The number of anilines is 3. The lowest BCUT2D eigenvalue weighted by molar-refractivity contribution is -0.419. The number of aliphatic hydroxyl groups is 3. The van der Waals surface area contributed by atoms with Crippen molar-refractivity contribution in [1.29, 1.82) is 5.26 Å². The quantitative estimate of drug-likeness (QED) is 0.171. The summed E-state index contributed by atoms with van der Waals surface area (Å²) < 4.78 is 18.1. The molecule has 4 N–H and O–H groups in total. The van der Waals surface area contributed by atoms with E-state index in [1.165, 1.54) is 6.33 Å². The molecule has 0 spiro atoms. The van der Waals surface area contributed by atoms with Gasteiger partial charge in [0.25, 0.3) is 0 Å². The van der Waals surface area contributed by atoms with E-state index in [0.29, 0.717) is 35.2 Å². The van der Waals surface area contributed by atoms with Crippen LogP contribution in [-0.2, 0) is 11.3 Å². The van der Waals surface area contributed by atoms with E-state index in [1.54, 1.807) is 53.5 Å². The topological polar surface area (TPSA) is 200 Å². The summed E-state index contributed by atoms with van der Waals surface area (Å²) in [6.45, 7) is 7.41. The summed E-state index contributed by atoms with van der Waals surface area (Å²) in [7, 11) is 0. The number of nitrogens with one attached hydrogen (secondary N) is 1. The summed E-state index contributed by atoms with van der Waals surface area (Å²) in [5.41, 5.74) is 3.01. The molecule has 47 heavy (non-hydrogen) atoms. The molecule has 2 aromatic carbocycles. The Morgan fingerprint density at radius 1 is 1.02 bits per heavy atom.